The Balaban J connectivity index is 1.53. The number of guanidine groups is 1. The van der Waals surface area contributed by atoms with E-state index >= 15 is 0 Å². The van der Waals surface area contributed by atoms with Crippen molar-refractivity contribution in [3.8, 4) is 0 Å². The van der Waals surface area contributed by atoms with Gasteiger partial charge in [-0.15, -0.1) is 0 Å². The Labute approximate surface area is 157 Å². The van der Waals surface area contributed by atoms with Crippen LogP contribution >= 0.6 is 0 Å². The molecule has 0 bridgehead atoms. The van der Waals surface area contributed by atoms with Crippen molar-refractivity contribution >= 4 is 11.6 Å². The number of piperidine rings is 1. The van der Waals surface area contributed by atoms with E-state index in [1.165, 1.54) is 42.5 Å². The molecule has 3 rings (SSSR count). The van der Waals surface area contributed by atoms with E-state index < -0.39 is 0 Å². The summed E-state index contributed by atoms with van der Waals surface area (Å²) in [5.74, 6) is 0.446. The Morgan fingerprint density at radius 1 is 1.15 bits per heavy atom. The van der Waals surface area contributed by atoms with Crippen LogP contribution < -0.4 is 11.1 Å². The van der Waals surface area contributed by atoms with Crippen LogP contribution in [0.25, 0.3) is 0 Å². The lowest BCUT2D eigenvalue weighted by Gasteiger charge is -2.33. The van der Waals surface area contributed by atoms with E-state index in [2.05, 4.69) is 65.5 Å². The Kier molecular flexibility index (Phi) is 6.29. The molecule has 0 radical (unpaired) electrons. The number of aliphatic imine (C=N–C) groups is 1. The highest BCUT2D eigenvalue weighted by atomic mass is 15.2. The van der Waals surface area contributed by atoms with Gasteiger partial charge in [0.2, 0.25) is 0 Å². The minimum Gasteiger partial charge on any atom is -0.370 e. The van der Waals surface area contributed by atoms with Crippen molar-refractivity contribution in [1.29, 1.82) is 0 Å². The fourth-order valence-corrected chi connectivity index (χ4v) is 3.46. The van der Waals surface area contributed by atoms with Gasteiger partial charge in [-0.25, -0.2) is 4.99 Å². The van der Waals surface area contributed by atoms with E-state index in [0.717, 1.165) is 12.2 Å². The van der Waals surface area contributed by atoms with Gasteiger partial charge in [-0.1, -0.05) is 42.8 Å². The number of rotatable bonds is 5. The largest absolute Gasteiger partial charge is 0.370 e. The summed E-state index contributed by atoms with van der Waals surface area (Å²) in [5, 5.41) is 3.14. The van der Waals surface area contributed by atoms with Crippen LogP contribution in [0, 0.1) is 6.92 Å². The van der Waals surface area contributed by atoms with E-state index in [0.29, 0.717) is 18.5 Å². The Morgan fingerprint density at radius 3 is 2.65 bits per heavy atom. The van der Waals surface area contributed by atoms with Crippen LogP contribution in [-0.2, 0) is 13.1 Å². The van der Waals surface area contributed by atoms with Crippen molar-refractivity contribution in [2.45, 2.75) is 52.2 Å². The quantitative estimate of drug-likeness (QED) is 0.624. The number of anilines is 1. The van der Waals surface area contributed by atoms with Gasteiger partial charge in [-0.3, -0.25) is 4.90 Å². The fraction of sp³-hybridized carbons (Fsp3) is 0.409. The average molecular weight is 351 g/mol. The fourth-order valence-electron chi connectivity index (χ4n) is 3.46. The van der Waals surface area contributed by atoms with E-state index in [9.17, 15) is 0 Å². The van der Waals surface area contributed by atoms with Crippen LogP contribution in [0.2, 0.25) is 0 Å². The monoisotopic (exact) mass is 350 g/mol. The SMILES string of the molecule is Cc1cccc(NC(N)=NCc2ccc(CN3CCCCC3C)cc2)c1. The molecule has 138 valence electrons. The van der Waals surface area contributed by atoms with Gasteiger partial charge in [0.25, 0.3) is 0 Å². The molecule has 1 fully saturated rings. The van der Waals surface area contributed by atoms with Gasteiger partial charge < -0.3 is 11.1 Å². The van der Waals surface area contributed by atoms with Crippen molar-refractivity contribution in [2.24, 2.45) is 10.7 Å². The third-order valence-corrected chi connectivity index (χ3v) is 5.07. The third-order valence-electron chi connectivity index (χ3n) is 5.07. The van der Waals surface area contributed by atoms with Crippen LogP contribution in [0.4, 0.5) is 5.69 Å². The molecule has 0 saturated carbocycles. The first-order chi connectivity index (χ1) is 12.6. The van der Waals surface area contributed by atoms with Crippen molar-refractivity contribution in [3.63, 3.8) is 0 Å². The zero-order valence-corrected chi connectivity index (χ0v) is 15.9. The summed E-state index contributed by atoms with van der Waals surface area (Å²) in [6, 6.07) is 17.6. The van der Waals surface area contributed by atoms with Gasteiger partial charge in [0.15, 0.2) is 5.96 Å². The molecular weight excluding hydrogens is 320 g/mol. The molecule has 1 unspecified atom stereocenters. The highest BCUT2D eigenvalue weighted by Gasteiger charge is 2.17. The summed E-state index contributed by atoms with van der Waals surface area (Å²) in [7, 11) is 0. The second-order valence-electron chi connectivity index (χ2n) is 7.33. The zero-order chi connectivity index (χ0) is 18.4. The van der Waals surface area contributed by atoms with Gasteiger partial charge in [0.05, 0.1) is 6.54 Å². The third kappa shape index (κ3) is 5.33. The summed E-state index contributed by atoms with van der Waals surface area (Å²) < 4.78 is 0. The average Bonchev–Trinajstić information content (AvgIpc) is 2.63. The number of benzene rings is 2. The van der Waals surface area contributed by atoms with Crippen molar-refractivity contribution < 1.29 is 0 Å². The summed E-state index contributed by atoms with van der Waals surface area (Å²) in [6.07, 6.45) is 4.01. The van der Waals surface area contributed by atoms with E-state index in [1.54, 1.807) is 0 Å². The molecule has 1 heterocycles. The van der Waals surface area contributed by atoms with Crippen LogP contribution in [-0.4, -0.2) is 23.4 Å². The molecule has 1 atom stereocenters. The maximum atomic E-state index is 6.00. The van der Waals surface area contributed by atoms with Crippen LogP contribution in [0.5, 0.6) is 0 Å². The molecule has 2 aromatic carbocycles. The van der Waals surface area contributed by atoms with Crippen molar-refractivity contribution in [2.75, 3.05) is 11.9 Å². The zero-order valence-electron chi connectivity index (χ0n) is 15.9. The molecule has 0 aromatic heterocycles. The predicted molar refractivity (Wildman–Crippen MR) is 110 cm³/mol. The summed E-state index contributed by atoms with van der Waals surface area (Å²) >= 11 is 0. The van der Waals surface area contributed by atoms with Crippen LogP contribution in [0.3, 0.4) is 0 Å². The van der Waals surface area contributed by atoms with Crippen molar-refractivity contribution in [3.05, 3.63) is 65.2 Å². The number of hydrogen-bond acceptors (Lipinski definition) is 2. The molecule has 26 heavy (non-hydrogen) atoms. The second kappa shape index (κ2) is 8.86. The highest BCUT2D eigenvalue weighted by molar-refractivity contribution is 5.92. The van der Waals surface area contributed by atoms with Crippen molar-refractivity contribution in [1.82, 2.24) is 4.90 Å². The minimum atomic E-state index is 0.446. The highest BCUT2D eigenvalue weighted by Crippen LogP contribution is 2.19. The molecule has 0 aliphatic carbocycles. The molecule has 0 spiro atoms. The molecule has 1 aliphatic rings. The van der Waals surface area contributed by atoms with Gasteiger partial charge in [-0.05, 0) is 62.1 Å². The number of likely N-dealkylation sites (tertiary alicyclic amines) is 1. The van der Waals surface area contributed by atoms with E-state index in [1.807, 2.05) is 12.1 Å². The first-order valence-corrected chi connectivity index (χ1v) is 9.55. The van der Waals surface area contributed by atoms with Crippen LogP contribution in [0.15, 0.2) is 53.5 Å². The van der Waals surface area contributed by atoms with E-state index in [-0.39, 0.29) is 0 Å². The van der Waals surface area contributed by atoms with Crippen LogP contribution in [0.1, 0.15) is 42.9 Å². The normalized spacial score (nSPS) is 18.7. The Hall–Kier alpha value is -2.33. The molecule has 2 aromatic rings. The molecule has 0 amide bonds. The number of nitrogens with zero attached hydrogens (tertiary/aromatic N) is 2. The minimum absolute atomic E-state index is 0.446. The lowest BCUT2D eigenvalue weighted by Crippen LogP contribution is -2.36. The van der Waals surface area contributed by atoms with Gasteiger partial charge >= 0.3 is 0 Å². The second-order valence-corrected chi connectivity index (χ2v) is 7.33. The first kappa shape index (κ1) is 18.5. The summed E-state index contributed by atoms with van der Waals surface area (Å²) in [5.41, 5.74) is 10.7. The molecule has 4 heteroatoms. The van der Waals surface area contributed by atoms with Gasteiger partial charge in [0.1, 0.15) is 0 Å². The van der Waals surface area contributed by atoms with Gasteiger partial charge in [0, 0.05) is 18.3 Å². The topological polar surface area (TPSA) is 53.6 Å². The number of aryl methyl sites for hydroxylation is 1. The number of hydrogen-bond donors (Lipinski definition) is 2. The smallest absolute Gasteiger partial charge is 0.193 e. The maximum Gasteiger partial charge on any atom is 0.193 e. The lowest BCUT2D eigenvalue weighted by atomic mass is 10.0. The summed E-state index contributed by atoms with van der Waals surface area (Å²) in [6.45, 7) is 7.25. The predicted octanol–water partition coefficient (Wildman–Crippen LogP) is 4.30. The Bertz CT molecular complexity index is 736. The standard InChI is InChI=1S/C22H30N4/c1-17-6-5-8-21(14-17)25-22(23)24-15-19-9-11-20(12-10-19)16-26-13-4-3-7-18(26)2/h5-6,8-12,14,18H,3-4,7,13,15-16H2,1-2H3,(H3,23,24,25). The van der Waals surface area contributed by atoms with Gasteiger partial charge in [-0.2, -0.15) is 0 Å². The molecule has 1 aliphatic heterocycles. The lowest BCUT2D eigenvalue weighted by molar-refractivity contribution is 0.152. The molecule has 4 nitrogen and oxygen atoms in total. The first-order valence-electron chi connectivity index (χ1n) is 9.55. The van der Waals surface area contributed by atoms with E-state index in [4.69, 9.17) is 5.73 Å². The molecule has 3 N–H and O–H groups in total. The summed E-state index contributed by atoms with van der Waals surface area (Å²) in [4.78, 5) is 7.03. The number of nitrogens with two attached hydrogens (primary N) is 1. The molecule has 1 saturated heterocycles. The number of nitrogens with one attached hydrogen (secondary N) is 1. The maximum absolute atomic E-state index is 6.00. The Morgan fingerprint density at radius 2 is 1.92 bits per heavy atom. The molecular formula is C22H30N4.